The Bertz CT molecular complexity index is 299. The van der Waals surface area contributed by atoms with E-state index in [4.69, 9.17) is 0 Å². The van der Waals surface area contributed by atoms with Crippen LogP contribution in [0.5, 0.6) is 0 Å². The Labute approximate surface area is 82.3 Å². The SMILES string of the molecule is C=CC(=O)NCCNc1ncccn1. The highest BCUT2D eigenvalue weighted by atomic mass is 16.1. The molecule has 1 aromatic heterocycles. The van der Waals surface area contributed by atoms with Crippen molar-refractivity contribution in [3.63, 3.8) is 0 Å². The Hall–Kier alpha value is -1.91. The molecule has 5 heteroatoms. The van der Waals surface area contributed by atoms with Crippen LogP contribution in [0.2, 0.25) is 0 Å². The molecular weight excluding hydrogens is 180 g/mol. The molecule has 1 rings (SSSR count). The van der Waals surface area contributed by atoms with Crippen molar-refractivity contribution < 1.29 is 4.79 Å². The molecule has 1 amide bonds. The Morgan fingerprint density at radius 1 is 1.43 bits per heavy atom. The van der Waals surface area contributed by atoms with Gasteiger partial charge < -0.3 is 10.6 Å². The van der Waals surface area contributed by atoms with Crippen LogP contribution in [-0.2, 0) is 4.79 Å². The van der Waals surface area contributed by atoms with Crippen LogP contribution in [0.3, 0.4) is 0 Å². The first-order valence-electron chi connectivity index (χ1n) is 4.24. The average Bonchev–Trinajstić information content (AvgIpc) is 2.25. The Kier molecular flexibility index (Phi) is 4.13. The number of aromatic nitrogens is 2. The van der Waals surface area contributed by atoms with E-state index in [-0.39, 0.29) is 5.91 Å². The molecule has 0 saturated heterocycles. The summed E-state index contributed by atoms with van der Waals surface area (Å²) in [5.74, 6) is 0.376. The molecule has 0 aliphatic carbocycles. The molecule has 2 N–H and O–H groups in total. The second-order valence-corrected chi connectivity index (χ2v) is 2.49. The molecule has 0 atom stereocenters. The van der Waals surface area contributed by atoms with Crippen molar-refractivity contribution in [1.29, 1.82) is 0 Å². The van der Waals surface area contributed by atoms with Crippen LogP contribution in [-0.4, -0.2) is 29.0 Å². The van der Waals surface area contributed by atoms with Gasteiger partial charge in [-0.1, -0.05) is 6.58 Å². The van der Waals surface area contributed by atoms with E-state index < -0.39 is 0 Å². The molecule has 74 valence electrons. The summed E-state index contributed by atoms with van der Waals surface area (Å²) >= 11 is 0. The van der Waals surface area contributed by atoms with Crippen LogP contribution >= 0.6 is 0 Å². The number of nitrogens with one attached hydrogen (secondary N) is 2. The molecule has 0 saturated carbocycles. The first-order valence-corrected chi connectivity index (χ1v) is 4.24. The Morgan fingerprint density at radius 2 is 2.14 bits per heavy atom. The fourth-order valence-corrected chi connectivity index (χ4v) is 0.823. The molecule has 0 fully saturated rings. The molecule has 0 unspecified atom stereocenters. The third kappa shape index (κ3) is 3.66. The zero-order valence-electron chi connectivity index (χ0n) is 7.73. The van der Waals surface area contributed by atoms with E-state index in [0.717, 1.165) is 0 Å². The van der Waals surface area contributed by atoms with E-state index in [1.165, 1.54) is 6.08 Å². The van der Waals surface area contributed by atoms with Crippen molar-refractivity contribution in [2.75, 3.05) is 18.4 Å². The highest BCUT2D eigenvalue weighted by Gasteiger charge is 1.93. The van der Waals surface area contributed by atoms with Crippen LogP contribution in [0.1, 0.15) is 0 Å². The Balaban J connectivity index is 2.16. The summed E-state index contributed by atoms with van der Waals surface area (Å²) in [6.45, 7) is 4.44. The van der Waals surface area contributed by atoms with Crippen LogP contribution in [0.15, 0.2) is 31.1 Å². The van der Waals surface area contributed by atoms with Crippen molar-refractivity contribution in [2.24, 2.45) is 0 Å². The molecule has 0 radical (unpaired) electrons. The molecule has 14 heavy (non-hydrogen) atoms. The first-order chi connectivity index (χ1) is 6.83. The summed E-state index contributed by atoms with van der Waals surface area (Å²) in [6.07, 6.45) is 4.54. The molecule has 0 bridgehead atoms. The van der Waals surface area contributed by atoms with Crippen LogP contribution in [0, 0.1) is 0 Å². The third-order valence-electron chi connectivity index (χ3n) is 1.46. The maximum Gasteiger partial charge on any atom is 0.243 e. The standard InChI is InChI=1S/C9H12N4O/c1-2-8(14)10-6-7-13-9-11-4-3-5-12-9/h2-5H,1,6-7H2,(H,10,14)(H,11,12,13). The lowest BCUT2D eigenvalue weighted by atomic mass is 10.5. The highest BCUT2D eigenvalue weighted by Crippen LogP contribution is 1.91. The van der Waals surface area contributed by atoms with Gasteiger partial charge in [-0.3, -0.25) is 4.79 Å². The van der Waals surface area contributed by atoms with Crippen molar-refractivity contribution in [1.82, 2.24) is 15.3 Å². The minimum atomic E-state index is -0.180. The second-order valence-electron chi connectivity index (χ2n) is 2.49. The van der Waals surface area contributed by atoms with E-state index in [2.05, 4.69) is 27.2 Å². The minimum Gasteiger partial charge on any atom is -0.352 e. The van der Waals surface area contributed by atoms with Gasteiger partial charge >= 0.3 is 0 Å². The van der Waals surface area contributed by atoms with Gasteiger partial charge in [0.05, 0.1) is 0 Å². The normalized spacial score (nSPS) is 9.14. The quantitative estimate of drug-likeness (QED) is 0.516. The van der Waals surface area contributed by atoms with E-state index >= 15 is 0 Å². The highest BCUT2D eigenvalue weighted by molar-refractivity contribution is 5.86. The molecule has 5 nitrogen and oxygen atoms in total. The lowest BCUT2D eigenvalue weighted by molar-refractivity contribution is -0.116. The summed E-state index contributed by atoms with van der Waals surface area (Å²) < 4.78 is 0. The number of carbonyl (C=O) groups is 1. The van der Waals surface area contributed by atoms with Gasteiger partial charge in [-0.15, -0.1) is 0 Å². The van der Waals surface area contributed by atoms with Crippen molar-refractivity contribution in [3.05, 3.63) is 31.1 Å². The third-order valence-corrected chi connectivity index (χ3v) is 1.46. The lowest BCUT2D eigenvalue weighted by Gasteiger charge is -2.03. The number of carbonyl (C=O) groups excluding carboxylic acids is 1. The predicted molar refractivity (Wildman–Crippen MR) is 53.7 cm³/mol. The molecule has 1 heterocycles. The van der Waals surface area contributed by atoms with Crippen LogP contribution < -0.4 is 10.6 Å². The van der Waals surface area contributed by atoms with Crippen LogP contribution in [0.4, 0.5) is 5.95 Å². The molecule has 0 aromatic carbocycles. The van der Waals surface area contributed by atoms with E-state index in [1.807, 2.05) is 0 Å². The monoisotopic (exact) mass is 192 g/mol. The molecule has 0 aliphatic rings. The van der Waals surface area contributed by atoms with Crippen molar-refractivity contribution in [3.8, 4) is 0 Å². The number of amides is 1. The van der Waals surface area contributed by atoms with E-state index in [1.54, 1.807) is 18.5 Å². The average molecular weight is 192 g/mol. The second kappa shape index (κ2) is 5.69. The number of hydrogen-bond acceptors (Lipinski definition) is 4. The fraction of sp³-hybridized carbons (Fsp3) is 0.222. The van der Waals surface area contributed by atoms with Gasteiger partial charge in [0.25, 0.3) is 0 Å². The van der Waals surface area contributed by atoms with Gasteiger partial charge in [-0.25, -0.2) is 9.97 Å². The van der Waals surface area contributed by atoms with Crippen molar-refractivity contribution >= 4 is 11.9 Å². The summed E-state index contributed by atoms with van der Waals surface area (Å²) in [7, 11) is 0. The lowest BCUT2D eigenvalue weighted by Crippen LogP contribution is -2.27. The van der Waals surface area contributed by atoms with Gasteiger partial charge in [-0.2, -0.15) is 0 Å². The maximum atomic E-state index is 10.7. The summed E-state index contributed by atoms with van der Waals surface area (Å²) in [5, 5.41) is 5.58. The summed E-state index contributed by atoms with van der Waals surface area (Å²) in [4.78, 5) is 18.7. The molecule has 0 aliphatic heterocycles. The Morgan fingerprint density at radius 3 is 2.79 bits per heavy atom. The zero-order valence-corrected chi connectivity index (χ0v) is 7.73. The molecule has 1 aromatic rings. The van der Waals surface area contributed by atoms with E-state index in [0.29, 0.717) is 19.0 Å². The largest absolute Gasteiger partial charge is 0.352 e. The number of nitrogens with zero attached hydrogens (tertiary/aromatic N) is 2. The van der Waals surface area contributed by atoms with Crippen LogP contribution in [0.25, 0.3) is 0 Å². The number of anilines is 1. The van der Waals surface area contributed by atoms with Gasteiger partial charge in [0.2, 0.25) is 11.9 Å². The van der Waals surface area contributed by atoms with Gasteiger partial charge in [0, 0.05) is 25.5 Å². The van der Waals surface area contributed by atoms with Gasteiger partial charge in [-0.05, 0) is 12.1 Å². The smallest absolute Gasteiger partial charge is 0.243 e. The number of rotatable bonds is 5. The summed E-state index contributed by atoms with van der Waals surface area (Å²) in [6, 6.07) is 1.74. The van der Waals surface area contributed by atoms with E-state index in [9.17, 15) is 4.79 Å². The maximum absolute atomic E-state index is 10.7. The van der Waals surface area contributed by atoms with Crippen molar-refractivity contribution in [2.45, 2.75) is 0 Å². The van der Waals surface area contributed by atoms with Gasteiger partial charge in [0.15, 0.2) is 0 Å². The number of hydrogen-bond donors (Lipinski definition) is 2. The zero-order chi connectivity index (χ0) is 10.2. The topological polar surface area (TPSA) is 66.9 Å². The summed E-state index contributed by atoms with van der Waals surface area (Å²) in [5.41, 5.74) is 0. The predicted octanol–water partition coefficient (Wildman–Crippen LogP) is 0.191. The minimum absolute atomic E-state index is 0.180. The molecule has 0 spiro atoms. The van der Waals surface area contributed by atoms with Gasteiger partial charge in [0.1, 0.15) is 0 Å². The molecular formula is C9H12N4O. The fourth-order valence-electron chi connectivity index (χ4n) is 0.823. The first kappa shape index (κ1) is 10.2.